The first-order chi connectivity index (χ1) is 8.29. The monoisotopic (exact) mass is 255 g/mol. The Kier molecular flexibility index (Phi) is 4.48. The summed E-state index contributed by atoms with van der Waals surface area (Å²) in [5, 5.41) is 8.80. The third-order valence-electron chi connectivity index (χ3n) is 3.74. The highest BCUT2D eigenvalue weighted by Gasteiger charge is 2.39. The molecular weight excluding hydrogens is 234 g/mol. The van der Waals surface area contributed by atoms with Crippen LogP contribution in [0.4, 0.5) is 0 Å². The Morgan fingerprint density at radius 3 is 2.44 bits per heavy atom. The minimum Gasteiger partial charge on any atom is -0.481 e. The van der Waals surface area contributed by atoms with Crippen molar-refractivity contribution < 1.29 is 19.5 Å². The predicted molar refractivity (Wildman–Crippen MR) is 66.1 cm³/mol. The Hall–Kier alpha value is -1.39. The lowest BCUT2D eigenvalue weighted by atomic mass is 9.84. The number of ketones is 1. The molecule has 0 radical (unpaired) electrons. The fourth-order valence-electron chi connectivity index (χ4n) is 2.10. The van der Waals surface area contributed by atoms with Crippen LogP contribution in [-0.4, -0.2) is 40.3 Å². The topological polar surface area (TPSA) is 74.7 Å². The molecule has 5 heteroatoms. The minimum absolute atomic E-state index is 0.0778. The van der Waals surface area contributed by atoms with E-state index in [1.165, 1.54) is 4.90 Å². The highest BCUT2D eigenvalue weighted by Crippen LogP contribution is 2.26. The molecule has 1 rings (SSSR count). The summed E-state index contributed by atoms with van der Waals surface area (Å²) in [4.78, 5) is 36.4. The normalized spacial score (nSPS) is 19.9. The van der Waals surface area contributed by atoms with Crippen LogP contribution < -0.4 is 0 Å². The molecule has 0 aromatic heterocycles. The lowest BCUT2D eigenvalue weighted by Crippen LogP contribution is -2.45. The van der Waals surface area contributed by atoms with Crippen molar-refractivity contribution in [3.63, 3.8) is 0 Å². The van der Waals surface area contributed by atoms with Crippen molar-refractivity contribution in [2.45, 2.75) is 52.5 Å². The van der Waals surface area contributed by atoms with Gasteiger partial charge in [-0.2, -0.15) is 0 Å². The Morgan fingerprint density at radius 1 is 1.33 bits per heavy atom. The van der Waals surface area contributed by atoms with Gasteiger partial charge in [-0.1, -0.05) is 20.8 Å². The number of carbonyl (C=O) groups excluding carboxylic acids is 2. The van der Waals surface area contributed by atoms with Crippen molar-refractivity contribution in [1.29, 1.82) is 0 Å². The standard InChI is InChI=1S/C13H21NO4/c1-4-13(2,3)11(17)12(18)14-7-5-6-9(14)8-10(15)16/h9H,4-8H2,1-3H3,(H,15,16). The van der Waals surface area contributed by atoms with Crippen molar-refractivity contribution in [1.82, 2.24) is 4.90 Å². The zero-order valence-electron chi connectivity index (χ0n) is 11.2. The van der Waals surface area contributed by atoms with Crippen LogP contribution in [0.2, 0.25) is 0 Å². The Balaban J connectivity index is 2.77. The maximum atomic E-state index is 12.1. The summed E-state index contributed by atoms with van der Waals surface area (Å²) >= 11 is 0. The molecule has 1 unspecified atom stereocenters. The van der Waals surface area contributed by atoms with E-state index in [0.717, 1.165) is 6.42 Å². The summed E-state index contributed by atoms with van der Waals surface area (Å²) in [7, 11) is 0. The van der Waals surface area contributed by atoms with E-state index in [-0.39, 0.29) is 12.5 Å². The molecule has 0 bridgehead atoms. The highest BCUT2D eigenvalue weighted by atomic mass is 16.4. The molecule has 1 atom stereocenters. The first-order valence-electron chi connectivity index (χ1n) is 6.36. The molecular formula is C13H21NO4. The number of nitrogens with zero attached hydrogens (tertiary/aromatic N) is 1. The number of aliphatic carboxylic acids is 1. The van der Waals surface area contributed by atoms with Gasteiger partial charge in [0.15, 0.2) is 0 Å². The third kappa shape index (κ3) is 3.09. The number of hydrogen-bond acceptors (Lipinski definition) is 3. The number of carboxylic acids is 1. The van der Waals surface area contributed by atoms with Crippen LogP contribution in [0.5, 0.6) is 0 Å². The van der Waals surface area contributed by atoms with Crippen LogP contribution in [0.1, 0.15) is 46.5 Å². The fraction of sp³-hybridized carbons (Fsp3) is 0.769. The van der Waals surface area contributed by atoms with Crippen molar-refractivity contribution in [2.75, 3.05) is 6.54 Å². The summed E-state index contributed by atoms with van der Waals surface area (Å²) < 4.78 is 0. The minimum atomic E-state index is -0.929. The summed E-state index contributed by atoms with van der Waals surface area (Å²) in [5.74, 6) is -1.87. The molecule has 102 valence electrons. The molecule has 5 nitrogen and oxygen atoms in total. The predicted octanol–water partition coefficient (Wildman–Crippen LogP) is 1.46. The largest absolute Gasteiger partial charge is 0.481 e. The van der Waals surface area contributed by atoms with E-state index in [1.54, 1.807) is 13.8 Å². The number of rotatable bonds is 5. The van der Waals surface area contributed by atoms with Gasteiger partial charge in [-0.25, -0.2) is 0 Å². The van der Waals surface area contributed by atoms with E-state index in [0.29, 0.717) is 19.4 Å². The van der Waals surface area contributed by atoms with Gasteiger partial charge in [-0.15, -0.1) is 0 Å². The van der Waals surface area contributed by atoms with E-state index < -0.39 is 23.1 Å². The molecule has 1 N–H and O–H groups in total. The van der Waals surface area contributed by atoms with Crippen molar-refractivity contribution in [3.05, 3.63) is 0 Å². The second-order valence-corrected chi connectivity index (χ2v) is 5.46. The van der Waals surface area contributed by atoms with E-state index in [9.17, 15) is 14.4 Å². The second kappa shape index (κ2) is 5.50. The Bertz CT molecular complexity index is 362. The van der Waals surface area contributed by atoms with Gasteiger partial charge in [0.25, 0.3) is 5.91 Å². The van der Waals surface area contributed by atoms with E-state index in [4.69, 9.17) is 5.11 Å². The molecule has 0 aliphatic carbocycles. The summed E-state index contributed by atoms with van der Waals surface area (Å²) in [6.07, 6.45) is 1.95. The van der Waals surface area contributed by atoms with Gasteiger partial charge >= 0.3 is 5.97 Å². The van der Waals surface area contributed by atoms with Crippen LogP contribution in [-0.2, 0) is 14.4 Å². The summed E-state index contributed by atoms with van der Waals surface area (Å²) in [5.41, 5.74) is -0.673. The van der Waals surface area contributed by atoms with Gasteiger partial charge in [0.05, 0.1) is 6.42 Å². The van der Waals surface area contributed by atoms with Crippen LogP contribution >= 0.6 is 0 Å². The Morgan fingerprint density at radius 2 is 1.94 bits per heavy atom. The molecule has 1 fully saturated rings. The van der Waals surface area contributed by atoms with E-state index in [2.05, 4.69) is 0 Å². The molecule has 1 aliphatic rings. The van der Waals surface area contributed by atoms with Gasteiger partial charge in [0.2, 0.25) is 5.78 Å². The van der Waals surface area contributed by atoms with Crippen molar-refractivity contribution >= 4 is 17.7 Å². The van der Waals surface area contributed by atoms with Crippen LogP contribution in [0.3, 0.4) is 0 Å². The van der Waals surface area contributed by atoms with Crippen molar-refractivity contribution in [2.24, 2.45) is 5.41 Å². The van der Waals surface area contributed by atoms with E-state index in [1.807, 2.05) is 6.92 Å². The third-order valence-corrected chi connectivity index (χ3v) is 3.74. The smallest absolute Gasteiger partial charge is 0.305 e. The van der Waals surface area contributed by atoms with Gasteiger partial charge in [0, 0.05) is 18.0 Å². The summed E-state index contributed by atoms with van der Waals surface area (Å²) in [6, 6.07) is -0.327. The zero-order chi connectivity index (χ0) is 13.9. The van der Waals surface area contributed by atoms with Gasteiger partial charge in [0.1, 0.15) is 0 Å². The molecule has 1 heterocycles. The van der Waals surface area contributed by atoms with Gasteiger partial charge in [-0.05, 0) is 19.3 Å². The Labute approximate surface area is 107 Å². The van der Waals surface area contributed by atoms with Crippen LogP contribution in [0.25, 0.3) is 0 Å². The molecule has 1 aliphatic heterocycles. The lowest BCUT2D eigenvalue weighted by molar-refractivity contribution is -0.150. The first kappa shape index (κ1) is 14.7. The fourth-order valence-corrected chi connectivity index (χ4v) is 2.10. The van der Waals surface area contributed by atoms with Crippen LogP contribution in [0.15, 0.2) is 0 Å². The second-order valence-electron chi connectivity index (χ2n) is 5.46. The zero-order valence-corrected chi connectivity index (χ0v) is 11.2. The van der Waals surface area contributed by atoms with Crippen molar-refractivity contribution in [3.8, 4) is 0 Å². The quantitative estimate of drug-likeness (QED) is 0.755. The number of likely N-dealkylation sites (tertiary alicyclic amines) is 1. The van der Waals surface area contributed by atoms with Gasteiger partial charge in [-0.3, -0.25) is 14.4 Å². The highest BCUT2D eigenvalue weighted by molar-refractivity contribution is 6.38. The molecule has 1 saturated heterocycles. The molecule has 18 heavy (non-hydrogen) atoms. The number of hydrogen-bond donors (Lipinski definition) is 1. The SMILES string of the molecule is CCC(C)(C)C(=O)C(=O)N1CCCC1CC(=O)O. The number of carboxylic acid groups (broad SMARTS) is 1. The van der Waals surface area contributed by atoms with E-state index >= 15 is 0 Å². The number of amides is 1. The van der Waals surface area contributed by atoms with Gasteiger partial charge < -0.3 is 10.0 Å². The average Bonchev–Trinajstić information content (AvgIpc) is 2.74. The average molecular weight is 255 g/mol. The molecule has 1 amide bonds. The molecule has 0 aromatic rings. The number of Topliss-reactive ketones (excluding diaryl/α,β-unsaturated/α-hetero) is 1. The molecule has 0 spiro atoms. The number of carbonyl (C=O) groups is 3. The molecule has 0 aromatic carbocycles. The maximum absolute atomic E-state index is 12.1. The lowest BCUT2D eigenvalue weighted by Gasteiger charge is -2.27. The maximum Gasteiger partial charge on any atom is 0.305 e. The first-order valence-corrected chi connectivity index (χ1v) is 6.36. The molecule has 0 saturated carbocycles. The summed E-state index contributed by atoms with van der Waals surface area (Å²) in [6.45, 7) is 5.84. The van der Waals surface area contributed by atoms with Crippen LogP contribution in [0, 0.1) is 5.41 Å².